The Morgan fingerprint density at radius 1 is 1.32 bits per heavy atom. The zero-order valence-electron chi connectivity index (χ0n) is 11.6. The van der Waals surface area contributed by atoms with Gasteiger partial charge in [-0.25, -0.2) is 0 Å². The smallest absolute Gasteiger partial charge is 0.320 e. The predicted molar refractivity (Wildman–Crippen MR) is 76.2 cm³/mol. The SMILES string of the molecule is CCc1ccc(C2(CC(N)C(=O)O)CCCC2)cc1. The first-order chi connectivity index (χ1) is 9.07. The quantitative estimate of drug-likeness (QED) is 0.856. The molecule has 1 aromatic carbocycles. The summed E-state index contributed by atoms with van der Waals surface area (Å²) in [6, 6.07) is 7.88. The van der Waals surface area contributed by atoms with Crippen LogP contribution in [0.3, 0.4) is 0 Å². The van der Waals surface area contributed by atoms with Crippen molar-refractivity contribution in [2.75, 3.05) is 0 Å². The molecule has 3 nitrogen and oxygen atoms in total. The third-order valence-electron chi connectivity index (χ3n) is 4.46. The molecule has 1 unspecified atom stereocenters. The van der Waals surface area contributed by atoms with Crippen LogP contribution in [0.25, 0.3) is 0 Å². The van der Waals surface area contributed by atoms with E-state index in [-0.39, 0.29) is 5.41 Å². The van der Waals surface area contributed by atoms with Crippen molar-refractivity contribution >= 4 is 5.97 Å². The van der Waals surface area contributed by atoms with Gasteiger partial charge in [-0.05, 0) is 42.2 Å². The Labute approximate surface area is 114 Å². The standard InChI is InChI=1S/C16H23NO2/c1-2-12-5-7-13(8-6-12)16(9-3-4-10-16)11-14(17)15(18)19/h5-8,14H,2-4,9-11,17H2,1H3,(H,18,19). The average Bonchev–Trinajstić information content (AvgIpc) is 2.88. The molecule has 0 aliphatic heterocycles. The van der Waals surface area contributed by atoms with E-state index >= 15 is 0 Å². The van der Waals surface area contributed by atoms with Gasteiger partial charge in [0.2, 0.25) is 0 Å². The lowest BCUT2D eigenvalue weighted by Crippen LogP contribution is -2.38. The molecule has 0 spiro atoms. The highest BCUT2D eigenvalue weighted by molar-refractivity contribution is 5.73. The van der Waals surface area contributed by atoms with Crippen LogP contribution in [0.5, 0.6) is 0 Å². The average molecular weight is 261 g/mol. The van der Waals surface area contributed by atoms with Crippen LogP contribution >= 0.6 is 0 Å². The fraction of sp³-hybridized carbons (Fsp3) is 0.562. The van der Waals surface area contributed by atoms with Crippen molar-refractivity contribution in [3.8, 4) is 0 Å². The van der Waals surface area contributed by atoms with Crippen LogP contribution in [0.15, 0.2) is 24.3 Å². The maximum atomic E-state index is 11.0. The minimum Gasteiger partial charge on any atom is -0.480 e. The van der Waals surface area contributed by atoms with Gasteiger partial charge in [-0.1, -0.05) is 44.0 Å². The van der Waals surface area contributed by atoms with E-state index in [0.717, 1.165) is 19.3 Å². The molecule has 3 heteroatoms. The van der Waals surface area contributed by atoms with Gasteiger partial charge in [0.15, 0.2) is 0 Å². The molecule has 1 aromatic rings. The summed E-state index contributed by atoms with van der Waals surface area (Å²) in [6.45, 7) is 2.14. The maximum Gasteiger partial charge on any atom is 0.320 e. The minimum absolute atomic E-state index is 0.0237. The lowest BCUT2D eigenvalue weighted by Gasteiger charge is -2.31. The van der Waals surface area contributed by atoms with E-state index in [1.165, 1.54) is 24.0 Å². The second-order valence-electron chi connectivity index (χ2n) is 5.69. The van der Waals surface area contributed by atoms with Gasteiger partial charge < -0.3 is 10.8 Å². The van der Waals surface area contributed by atoms with E-state index in [0.29, 0.717) is 6.42 Å². The van der Waals surface area contributed by atoms with Gasteiger partial charge in [-0.15, -0.1) is 0 Å². The van der Waals surface area contributed by atoms with Crippen LogP contribution < -0.4 is 5.73 Å². The van der Waals surface area contributed by atoms with Gasteiger partial charge >= 0.3 is 5.97 Å². The summed E-state index contributed by atoms with van der Waals surface area (Å²) >= 11 is 0. The fourth-order valence-corrected chi connectivity index (χ4v) is 3.26. The first kappa shape index (κ1) is 14.1. The van der Waals surface area contributed by atoms with Crippen molar-refractivity contribution in [2.45, 2.75) is 56.9 Å². The van der Waals surface area contributed by atoms with E-state index in [1.54, 1.807) is 0 Å². The van der Waals surface area contributed by atoms with Gasteiger partial charge in [0.25, 0.3) is 0 Å². The number of carbonyl (C=O) groups is 1. The Morgan fingerprint density at radius 3 is 2.37 bits per heavy atom. The van der Waals surface area contributed by atoms with Crippen LogP contribution in [-0.2, 0) is 16.6 Å². The second kappa shape index (κ2) is 5.74. The summed E-state index contributed by atoms with van der Waals surface area (Å²) in [5.41, 5.74) is 8.33. The Kier molecular flexibility index (Phi) is 4.25. The van der Waals surface area contributed by atoms with Crippen LogP contribution in [0.4, 0.5) is 0 Å². The summed E-state index contributed by atoms with van der Waals surface area (Å²) in [7, 11) is 0. The second-order valence-corrected chi connectivity index (χ2v) is 5.69. The molecular formula is C16H23NO2. The van der Waals surface area contributed by atoms with Gasteiger partial charge in [0.1, 0.15) is 6.04 Å². The highest BCUT2D eigenvalue weighted by Gasteiger charge is 2.38. The topological polar surface area (TPSA) is 63.3 Å². The molecule has 0 amide bonds. The van der Waals surface area contributed by atoms with Crippen molar-refractivity contribution < 1.29 is 9.90 Å². The molecule has 1 saturated carbocycles. The van der Waals surface area contributed by atoms with Gasteiger partial charge in [-0.3, -0.25) is 4.79 Å². The summed E-state index contributed by atoms with van der Waals surface area (Å²) in [5, 5.41) is 9.06. The number of nitrogens with two attached hydrogens (primary N) is 1. The first-order valence-corrected chi connectivity index (χ1v) is 7.15. The molecule has 104 valence electrons. The zero-order chi connectivity index (χ0) is 13.9. The van der Waals surface area contributed by atoms with Crippen molar-refractivity contribution in [1.29, 1.82) is 0 Å². The third-order valence-corrected chi connectivity index (χ3v) is 4.46. The lowest BCUT2D eigenvalue weighted by atomic mass is 9.74. The van der Waals surface area contributed by atoms with E-state index in [1.807, 2.05) is 0 Å². The number of aliphatic carboxylic acids is 1. The molecule has 0 saturated heterocycles. The largest absolute Gasteiger partial charge is 0.480 e. The molecular weight excluding hydrogens is 238 g/mol. The predicted octanol–water partition coefficient (Wildman–Crippen LogP) is 2.86. The Balaban J connectivity index is 2.25. The summed E-state index contributed by atoms with van der Waals surface area (Å²) < 4.78 is 0. The Bertz CT molecular complexity index is 433. The summed E-state index contributed by atoms with van der Waals surface area (Å²) in [6.07, 6.45) is 6.03. The van der Waals surface area contributed by atoms with Crippen LogP contribution in [0.1, 0.15) is 50.2 Å². The van der Waals surface area contributed by atoms with Crippen molar-refractivity contribution in [1.82, 2.24) is 0 Å². The Morgan fingerprint density at radius 2 is 1.89 bits per heavy atom. The molecule has 1 aliphatic carbocycles. The number of benzene rings is 1. The number of hydrogen-bond acceptors (Lipinski definition) is 2. The normalized spacial score (nSPS) is 19.3. The molecule has 1 atom stereocenters. The summed E-state index contributed by atoms with van der Waals surface area (Å²) in [4.78, 5) is 11.0. The molecule has 3 N–H and O–H groups in total. The number of carboxylic acids is 1. The van der Waals surface area contributed by atoms with Crippen molar-refractivity contribution in [3.05, 3.63) is 35.4 Å². The van der Waals surface area contributed by atoms with Crippen molar-refractivity contribution in [2.24, 2.45) is 5.73 Å². The van der Waals surface area contributed by atoms with Crippen molar-refractivity contribution in [3.63, 3.8) is 0 Å². The monoisotopic (exact) mass is 261 g/mol. The molecule has 0 aromatic heterocycles. The lowest BCUT2D eigenvalue weighted by molar-refractivity contribution is -0.139. The molecule has 1 fully saturated rings. The van der Waals surface area contributed by atoms with Crippen LogP contribution in [-0.4, -0.2) is 17.1 Å². The number of aryl methyl sites for hydroxylation is 1. The van der Waals surface area contributed by atoms with E-state index in [4.69, 9.17) is 10.8 Å². The highest BCUT2D eigenvalue weighted by atomic mass is 16.4. The number of rotatable bonds is 5. The van der Waals surface area contributed by atoms with Crippen LogP contribution in [0.2, 0.25) is 0 Å². The van der Waals surface area contributed by atoms with E-state index in [2.05, 4.69) is 31.2 Å². The van der Waals surface area contributed by atoms with Gasteiger partial charge in [0.05, 0.1) is 0 Å². The van der Waals surface area contributed by atoms with E-state index in [9.17, 15) is 4.79 Å². The van der Waals surface area contributed by atoms with Gasteiger partial charge in [-0.2, -0.15) is 0 Å². The van der Waals surface area contributed by atoms with Crippen LogP contribution in [0, 0.1) is 0 Å². The molecule has 19 heavy (non-hydrogen) atoms. The summed E-state index contributed by atoms with van der Waals surface area (Å²) in [5.74, 6) is -0.892. The molecule has 0 radical (unpaired) electrons. The first-order valence-electron chi connectivity index (χ1n) is 7.15. The highest BCUT2D eigenvalue weighted by Crippen LogP contribution is 2.44. The molecule has 2 rings (SSSR count). The fourth-order valence-electron chi connectivity index (χ4n) is 3.26. The molecule has 0 heterocycles. The molecule has 0 bridgehead atoms. The number of hydrogen-bond donors (Lipinski definition) is 2. The zero-order valence-corrected chi connectivity index (χ0v) is 11.6. The maximum absolute atomic E-state index is 11.0. The van der Waals surface area contributed by atoms with E-state index < -0.39 is 12.0 Å². The third kappa shape index (κ3) is 2.98. The van der Waals surface area contributed by atoms with Gasteiger partial charge in [0, 0.05) is 0 Å². The molecule has 1 aliphatic rings. The minimum atomic E-state index is -0.892. The number of carboxylic acid groups (broad SMARTS) is 1. The Hall–Kier alpha value is -1.35.